The second-order valence-corrected chi connectivity index (χ2v) is 7.43. The highest BCUT2D eigenvalue weighted by Crippen LogP contribution is 2.45. The summed E-state index contributed by atoms with van der Waals surface area (Å²) < 4.78 is 45.3. The molecule has 2 aliphatic rings. The number of rotatable bonds is 3. The number of carbonyl (C=O) groups excluding carboxylic acids is 1. The first-order valence-corrected chi connectivity index (χ1v) is 8.82. The van der Waals surface area contributed by atoms with Gasteiger partial charge in [0.1, 0.15) is 6.10 Å². The monoisotopic (exact) mass is 410 g/mol. The van der Waals surface area contributed by atoms with E-state index in [0.29, 0.717) is 12.0 Å². The Kier molecular flexibility index (Phi) is 3.90. The van der Waals surface area contributed by atoms with E-state index in [1.807, 2.05) is 12.1 Å². The summed E-state index contributed by atoms with van der Waals surface area (Å²) in [4.78, 5) is 12.0. The van der Waals surface area contributed by atoms with Crippen molar-refractivity contribution < 1.29 is 22.7 Å². The molecule has 1 unspecified atom stereocenters. The van der Waals surface area contributed by atoms with E-state index in [0.717, 1.165) is 40.1 Å². The van der Waals surface area contributed by atoms with Crippen LogP contribution >= 0.6 is 15.9 Å². The maximum atomic E-state index is 13.0. The van der Waals surface area contributed by atoms with Crippen LogP contribution in [0.4, 0.5) is 13.2 Å². The molecule has 4 rings (SSSR count). The molecule has 2 aromatic carbocycles. The molecule has 0 bridgehead atoms. The lowest BCUT2D eigenvalue weighted by molar-refractivity contribution is -0.137. The van der Waals surface area contributed by atoms with Gasteiger partial charge in [0.2, 0.25) is 0 Å². The van der Waals surface area contributed by atoms with Crippen LogP contribution in [0, 0.1) is 0 Å². The Balaban J connectivity index is 1.67. The minimum atomic E-state index is -4.35. The molecule has 1 fully saturated rings. The van der Waals surface area contributed by atoms with Crippen LogP contribution in [0.5, 0.6) is 0 Å². The Morgan fingerprint density at radius 1 is 1.08 bits per heavy atom. The normalized spacial score (nSPS) is 19.7. The van der Waals surface area contributed by atoms with Crippen molar-refractivity contribution in [3.8, 4) is 0 Å². The highest BCUT2D eigenvalue weighted by molar-refractivity contribution is 9.10. The quantitative estimate of drug-likeness (QED) is 0.597. The van der Waals surface area contributed by atoms with Crippen LogP contribution in [0.1, 0.15) is 57.5 Å². The summed E-state index contributed by atoms with van der Waals surface area (Å²) in [5.74, 6) is -0.208. The van der Waals surface area contributed by atoms with Crippen molar-refractivity contribution in [3.63, 3.8) is 0 Å². The Bertz CT molecular complexity index is 856. The summed E-state index contributed by atoms with van der Waals surface area (Å²) in [6.45, 7) is 0. The minimum Gasteiger partial charge on any atom is -0.454 e. The van der Waals surface area contributed by atoms with Crippen molar-refractivity contribution >= 4 is 21.9 Å². The fourth-order valence-corrected chi connectivity index (χ4v) is 3.69. The summed E-state index contributed by atoms with van der Waals surface area (Å²) >= 11 is 3.33. The fraction of sp³-hybridized carbons (Fsp3) is 0.316. The maximum Gasteiger partial charge on any atom is 0.416 e. The maximum absolute atomic E-state index is 13.0. The largest absolute Gasteiger partial charge is 0.454 e. The van der Waals surface area contributed by atoms with Crippen molar-refractivity contribution in [2.45, 2.75) is 37.5 Å². The molecule has 1 aliphatic carbocycles. The van der Waals surface area contributed by atoms with Crippen LogP contribution in [0.2, 0.25) is 0 Å². The molecule has 0 amide bonds. The number of hydrogen-bond acceptors (Lipinski definition) is 2. The van der Waals surface area contributed by atoms with Crippen LogP contribution in [0.25, 0.3) is 0 Å². The van der Waals surface area contributed by atoms with Gasteiger partial charge in [-0.15, -0.1) is 0 Å². The van der Waals surface area contributed by atoms with Gasteiger partial charge in [-0.1, -0.05) is 28.1 Å². The molecule has 0 aromatic heterocycles. The first kappa shape index (κ1) is 16.6. The van der Waals surface area contributed by atoms with Gasteiger partial charge in [0.25, 0.3) is 0 Å². The Hall–Kier alpha value is -1.82. The topological polar surface area (TPSA) is 26.3 Å². The first-order valence-electron chi connectivity index (χ1n) is 8.03. The fourth-order valence-electron chi connectivity index (χ4n) is 3.33. The van der Waals surface area contributed by atoms with E-state index in [4.69, 9.17) is 4.74 Å². The molecule has 0 saturated heterocycles. The Morgan fingerprint density at radius 2 is 1.84 bits per heavy atom. The molecule has 1 aliphatic heterocycles. The molecule has 0 spiro atoms. The van der Waals surface area contributed by atoms with Crippen LogP contribution < -0.4 is 0 Å². The van der Waals surface area contributed by atoms with Crippen LogP contribution in [0.15, 0.2) is 40.9 Å². The predicted octanol–water partition coefficient (Wildman–Crippen LogP) is 5.80. The van der Waals surface area contributed by atoms with Crippen LogP contribution in [-0.4, -0.2) is 5.97 Å². The van der Waals surface area contributed by atoms with E-state index in [1.165, 1.54) is 12.1 Å². The van der Waals surface area contributed by atoms with Crippen molar-refractivity contribution in [1.82, 2.24) is 0 Å². The number of cyclic esters (lactones) is 1. The molecule has 0 radical (unpaired) electrons. The second kappa shape index (κ2) is 5.87. The smallest absolute Gasteiger partial charge is 0.416 e. The summed E-state index contributed by atoms with van der Waals surface area (Å²) in [6, 6.07) is 9.28. The number of ether oxygens (including phenoxy) is 1. The van der Waals surface area contributed by atoms with E-state index in [9.17, 15) is 18.0 Å². The molecule has 0 N–H and O–H groups in total. The van der Waals surface area contributed by atoms with Crippen molar-refractivity contribution in [3.05, 3.63) is 68.7 Å². The number of halogens is 4. The van der Waals surface area contributed by atoms with E-state index in [2.05, 4.69) is 15.9 Å². The van der Waals surface area contributed by atoms with E-state index in [-0.39, 0.29) is 11.9 Å². The first-order chi connectivity index (χ1) is 11.8. The molecule has 25 heavy (non-hydrogen) atoms. The standard InChI is InChI=1S/C19H14BrF3O2/c20-13-5-6-14-16(9-13)18(24)25-17(14)7-11-3-4-12(19(21,22)23)8-15(11)10-1-2-10/h3-6,8-10,17H,1-2,7H2. The van der Waals surface area contributed by atoms with Gasteiger partial charge in [-0.2, -0.15) is 13.2 Å². The van der Waals surface area contributed by atoms with Gasteiger partial charge < -0.3 is 4.74 Å². The molecule has 2 nitrogen and oxygen atoms in total. The Morgan fingerprint density at radius 3 is 2.52 bits per heavy atom. The number of carbonyl (C=O) groups is 1. The molecule has 6 heteroatoms. The van der Waals surface area contributed by atoms with Gasteiger partial charge in [0.05, 0.1) is 11.1 Å². The SMILES string of the molecule is O=C1OC(Cc2ccc(C(F)(F)F)cc2C2CC2)c2ccc(Br)cc21. The third kappa shape index (κ3) is 3.19. The van der Waals surface area contributed by atoms with Crippen LogP contribution in [-0.2, 0) is 17.3 Å². The highest BCUT2D eigenvalue weighted by Gasteiger charge is 2.36. The summed E-state index contributed by atoms with van der Waals surface area (Å²) in [7, 11) is 0. The van der Waals surface area contributed by atoms with Crippen LogP contribution in [0.3, 0.4) is 0 Å². The van der Waals surface area contributed by atoms with Gasteiger partial charge in [-0.05, 0) is 54.2 Å². The third-order valence-corrected chi connectivity index (χ3v) is 5.22. The van der Waals surface area contributed by atoms with Gasteiger partial charge in [0.15, 0.2) is 0 Å². The summed E-state index contributed by atoms with van der Waals surface area (Å²) in [6.07, 6.45) is -2.60. The summed E-state index contributed by atoms with van der Waals surface area (Å²) in [5.41, 5.74) is 2.24. The third-order valence-electron chi connectivity index (χ3n) is 4.73. The number of fused-ring (bicyclic) bond motifs is 1. The molecule has 1 atom stereocenters. The van der Waals surface area contributed by atoms with Gasteiger partial charge in [-0.3, -0.25) is 0 Å². The average Bonchev–Trinajstić information content (AvgIpc) is 3.34. The molecule has 130 valence electrons. The lowest BCUT2D eigenvalue weighted by Crippen LogP contribution is -2.09. The van der Waals surface area contributed by atoms with E-state index < -0.39 is 17.8 Å². The van der Waals surface area contributed by atoms with Gasteiger partial charge >= 0.3 is 12.1 Å². The van der Waals surface area contributed by atoms with Gasteiger partial charge in [0, 0.05) is 16.5 Å². The predicted molar refractivity (Wildman–Crippen MR) is 89.4 cm³/mol. The van der Waals surface area contributed by atoms with Crippen molar-refractivity contribution in [1.29, 1.82) is 0 Å². The molecule has 2 aromatic rings. The number of benzene rings is 2. The highest BCUT2D eigenvalue weighted by atomic mass is 79.9. The number of hydrogen-bond donors (Lipinski definition) is 0. The number of esters is 1. The van der Waals surface area contributed by atoms with Crippen molar-refractivity contribution in [2.75, 3.05) is 0 Å². The molecular formula is C19H14BrF3O2. The summed E-state index contributed by atoms with van der Waals surface area (Å²) in [5, 5.41) is 0. The lowest BCUT2D eigenvalue weighted by atomic mass is 9.93. The molecule has 1 saturated carbocycles. The average molecular weight is 411 g/mol. The van der Waals surface area contributed by atoms with E-state index >= 15 is 0 Å². The minimum absolute atomic E-state index is 0.179. The molecular weight excluding hydrogens is 397 g/mol. The van der Waals surface area contributed by atoms with E-state index in [1.54, 1.807) is 6.07 Å². The zero-order chi connectivity index (χ0) is 17.8. The van der Waals surface area contributed by atoms with Gasteiger partial charge in [-0.25, -0.2) is 4.79 Å². The molecule has 1 heterocycles. The zero-order valence-corrected chi connectivity index (χ0v) is 14.7. The van der Waals surface area contributed by atoms with Crippen molar-refractivity contribution in [2.24, 2.45) is 0 Å². The second-order valence-electron chi connectivity index (χ2n) is 6.52. The lowest BCUT2D eigenvalue weighted by Gasteiger charge is -2.16. The Labute approximate surface area is 151 Å². The zero-order valence-electron chi connectivity index (χ0n) is 13.1. The number of alkyl halides is 3.